The van der Waals surface area contributed by atoms with E-state index in [0.29, 0.717) is 18.3 Å². The fourth-order valence-corrected chi connectivity index (χ4v) is 4.14. The number of hydrogen-bond donors (Lipinski definition) is 1. The van der Waals surface area contributed by atoms with Gasteiger partial charge in [0.1, 0.15) is 17.5 Å². The van der Waals surface area contributed by atoms with Crippen LogP contribution in [0.3, 0.4) is 0 Å². The van der Waals surface area contributed by atoms with E-state index in [1.165, 1.54) is 11.1 Å². The van der Waals surface area contributed by atoms with Crippen LogP contribution < -0.4 is 5.32 Å². The first-order valence-electron chi connectivity index (χ1n) is 11.3. The molecular formula is C25H29F2N5O. The molecule has 3 aromatic rings. The molecule has 1 amide bonds. The second kappa shape index (κ2) is 9.79. The number of aromatic nitrogens is 3. The van der Waals surface area contributed by atoms with Crippen molar-refractivity contribution < 1.29 is 13.6 Å². The molecule has 8 heteroatoms. The highest BCUT2D eigenvalue weighted by Crippen LogP contribution is 2.19. The lowest BCUT2D eigenvalue weighted by atomic mass is 10.0. The molecule has 0 saturated carbocycles. The molecule has 2 aromatic carbocycles. The maximum atomic E-state index is 14.0. The Hall–Kier alpha value is -3.13. The van der Waals surface area contributed by atoms with E-state index < -0.39 is 23.6 Å². The molecule has 0 saturated heterocycles. The van der Waals surface area contributed by atoms with Crippen molar-refractivity contribution in [2.75, 3.05) is 13.1 Å². The molecule has 6 nitrogen and oxygen atoms in total. The minimum absolute atomic E-state index is 0.327. The lowest BCUT2D eigenvalue weighted by molar-refractivity contribution is 0.0933. The highest BCUT2D eigenvalue weighted by Gasteiger charge is 2.24. The Labute approximate surface area is 192 Å². The maximum Gasteiger partial charge on any atom is 0.254 e. The van der Waals surface area contributed by atoms with Gasteiger partial charge < -0.3 is 9.88 Å². The van der Waals surface area contributed by atoms with Crippen molar-refractivity contribution in [3.63, 3.8) is 0 Å². The van der Waals surface area contributed by atoms with Crippen LogP contribution in [-0.4, -0.2) is 38.7 Å². The predicted molar refractivity (Wildman–Crippen MR) is 122 cm³/mol. The summed E-state index contributed by atoms with van der Waals surface area (Å²) in [5.41, 5.74) is 2.28. The molecule has 1 N–H and O–H groups in total. The van der Waals surface area contributed by atoms with Gasteiger partial charge in [0.2, 0.25) is 0 Å². The van der Waals surface area contributed by atoms with Crippen LogP contribution in [0.4, 0.5) is 8.78 Å². The fraction of sp³-hybridized carbons (Fsp3) is 0.400. The Morgan fingerprint density at radius 1 is 1.03 bits per heavy atom. The van der Waals surface area contributed by atoms with E-state index in [4.69, 9.17) is 0 Å². The standard InChI is InChI=1S/C25H29F2N5O/c1-16(2)19-6-4-18(5-7-19)15-31-11-10-23-29-30-24(32(23)13-12-31)17(3)28-25(33)21-14-20(26)8-9-22(21)27/h4-9,14,16-17H,10-13,15H2,1-3H3,(H,28,33)/t17-/m0/s1. The average Bonchev–Trinajstić information content (AvgIpc) is 3.10. The molecule has 33 heavy (non-hydrogen) atoms. The average molecular weight is 454 g/mol. The van der Waals surface area contributed by atoms with Gasteiger partial charge in [-0.3, -0.25) is 9.69 Å². The van der Waals surface area contributed by atoms with E-state index >= 15 is 0 Å². The maximum absolute atomic E-state index is 14.0. The molecule has 0 bridgehead atoms. The van der Waals surface area contributed by atoms with E-state index in [1.807, 2.05) is 4.57 Å². The third-order valence-corrected chi connectivity index (χ3v) is 6.11. The lowest BCUT2D eigenvalue weighted by Gasteiger charge is -2.20. The second-order valence-electron chi connectivity index (χ2n) is 8.87. The number of carbonyl (C=O) groups excluding carboxylic acids is 1. The van der Waals surface area contributed by atoms with Gasteiger partial charge in [0.05, 0.1) is 11.6 Å². The number of halogens is 2. The lowest BCUT2D eigenvalue weighted by Crippen LogP contribution is -2.30. The summed E-state index contributed by atoms with van der Waals surface area (Å²) in [6.45, 7) is 9.38. The summed E-state index contributed by atoms with van der Waals surface area (Å²) >= 11 is 0. The summed E-state index contributed by atoms with van der Waals surface area (Å²) in [5.74, 6) is -0.126. The molecule has 2 heterocycles. The smallest absolute Gasteiger partial charge is 0.254 e. The predicted octanol–water partition coefficient (Wildman–Crippen LogP) is 4.23. The molecule has 0 fully saturated rings. The minimum Gasteiger partial charge on any atom is -0.342 e. The van der Waals surface area contributed by atoms with Gasteiger partial charge in [-0.2, -0.15) is 0 Å². The van der Waals surface area contributed by atoms with E-state index in [-0.39, 0.29) is 5.56 Å². The molecule has 0 unspecified atom stereocenters. The Morgan fingerprint density at radius 3 is 2.52 bits per heavy atom. The molecule has 174 valence electrons. The van der Waals surface area contributed by atoms with Crippen LogP contribution in [0.1, 0.15) is 65.9 Å². The highest BCUT2D eigenvalue weighted by molar-refractivity contribution is 5.94. The van der Waals surface area contributed by atoms with Crippen molar-refractivity contribution in [2.45, 2.75) is 52.2 Å². The number of nitrogens with one attached hydrogen (secondary N) is 1. The van der Waals surface area contributed by atoms with E-state index in [0.717, 1.165) is 50.1 Å². The second-order valence-corrected chi connectivity index (χ2v) is 8.87. The third-order valence-electron chi connectivity index (χ3n) is 6.11. The van der Waals surface area contributed by atoms with Gasteiger partial charge >= 0.3 is 0 Å². The van der Waals surface area contributed by atoms with Crippen LogP contribution in [0.2, 0.25) is 0 Å². The Balaban J connectivity index is 1.41. The molecule has 0 aliphatic carbocycles. The highest BCUT2D eigenvalue weighted by atomic mass is 19.1. The number of carbonyl (C=O) groups is 1. The number of fused-ring (bicyclic) bond motifs is 1. The molecule has 0 radical (unpaired) electrons. The zero-order valence-corrected chi connectivity index (χ0v) is 19.2. The normalized spacial score (nSPS) is 15.2. The Morgan fingerprint density at radius 2 is 1.79 bits per heavy atom. The van der Waals surface area contributed by atoms with Gasteiger partial charge in [-0.1, -0.05) is 38.1 Å². The molecule has 1 aliphatic rings. The topological polar surface area (TPSA) is 63.1 Å². The van der Waals surface area contributed by atoms with Crippen LogP contribution in [0.5, 0.6) is 0 Å². The molecule has 1 atom stereocenters. The van der Waals surface area contributed by atoms with Crippen molar-refractivity contribution in [1.82, 2.24) is 25.0 Å². The van der Waals surface area contributed by atoms with E-state index in [9.17, 15) is 13.6 Å². The molecule has 1 aliphatic heterocycles. The van der Waals surface area contributed by atoms with Gasteiger partial charge in [0, 0.05) is 32.6 Å². The van der Waals surface area contributed by atoms with Crippen LogP contribution in [0.25, 0.3) is 0 Å². The molecular weight excluding hydrogens is 424 g/mol. The van der Waals surface area contributed by atoms with Gasteiger partial charge in [0.25, 0.3) is 5.91 Å². The van der Waals surface area contributed by atoms with Gasteiger partial charge in [-0.05, 0) is 42.2 Å². The SMILES string of the molecule is CC(C)c1ccc(CN2CCc3nnc([C@H](C)NC(=O)c4cc(F)ccc4F)n3CC2)cc1. The van der Waals surface area contributed by atoms with Crippen LogP contribution in [0.15, 0.2) is 42.5 Å². The molecule has 1 aromatic heterocycles. The van der Waals surface area contributed by atoms with Gasteiger partial charge in [-0.25, -0.2) is 8.78 Å². The largest absolute Gasteiger partial charge is 0.342 e. The van der Waals surface area contributed by atoms with Crippen molar-refractivity contribution >= 4 is 5.91 Å². The minimum atomic E-state index is -0.766. The number of nitrogens with zero attached hydrogens (tertiary/aromatic N) is 4. The number of amides is 1. The van der Waals surface area contributed by atoms with Crippen molar-refractivity contribution in [1.29, 1.82) is 0 Å². The summed E-state index contributed by atoms with van der Waals surface area (Å²) in [4.78, 5) is 14.9. The third kappa shape index (κ3) is 5.27. The number of hydrogen-bond acceptors (Lipinski definition) is 4. The van der Waals surface area contributed by atoms with Crippen molar-refractivity contribution in [3.05, 3.63) is 82.4 Å². The fourth-order valence-electron chi connectivity index (χ4n) is 4.14. The van der Waals surface area contributed by atoms with Crippen molar-refractivity contribution in [2.24, 2.45) is 0 Å². The summed E-state index contributed by atoms with van der Waals surface area (Å²) in [7, 11) is 0. The first kappa shape index (κ1) is 23.0. The summed E-state index contributed by atoms with van der Waals surface area (Å²) < 4.78 is 29.4. The van der Waals surface area contributed by atoms with Crippen LogP contribution in [-0.2, 0) is 19.5 Å². The van der Waals surface area contributed by atoms with Gasteiger partial charge in [0.15, 0.2) is 5.82 Å². The number of benzene rings is 2. The van der Waals surface area contributed by atoms with Crippen LogP contribution >= 0.6 is 0 Å². The summed E-state index contributed by atoms with van der Waals surface area (Å²) in [6.07, 6.45) is 0.746. The number of rotatable bonds is 6. The molecule has 4 rings (SSSR count). The van der Waals surface area contributed by atoms with E-state index in [2.05, 4.69) is 58.5 Å². The van der Waals surface area contributed by atoms with Crippen LogP contribution in [0, 0.1) is 11.6 Å². The Bertz CT molecular complexity index is 1130. The first-order chi connectivity index (χ1) is 15.8. The van der Waals surface area contributed by atoms with E-state index in [1.54, 1.807) is 6.92 Å². The van der Waals surface area contributed by atoms with Gasteiger partial charge in [-0.15, -0.1) is 10.2 Å². The first-order valence-corrected chi connectivity index (χ1v) is 11.3. The molecule has 0 spiro atoms. The zero-order chi connectivity index (χ0) is 23.5. The Kier molecular flexibility index (Phi) is 6.83. The quantitative estimate of drug-likeness (QED) is 0.607. The summed E-state index contributed by atoms with van der Waals surface area (Å²) in [6, 6.07) is 11.1. The zero-order valence-electron chi connectivity index (χ0n) is 19.2. The monoisotopic (exact) mass is 453 g/mol. The summed E-state index contributed by atoms with van der Waals surface area (Å²) in [5, 5.41) is 11.3. The van der Waals surface area contributed by atoms with Crippen molar-refractivity contribution in [3.8, 4) is 0 Å².